The van der Waals surface area contributed by atoms with E-state index in [4.69, 9.17) is 22.3 Å². The van der Waals surface area contributed by atoms with Crippen LogP contribution in [0.5, 0.6) is 0 Å². The van der Waals surface area contributed by atoms with Crippen LogP contribution in [0.4, 0.5) is 5.82 Å². The van der Waals surface area contributed by atoms with Crippen molar-refractivity contribution in [3.05, 3.63) is 46.2 Å². The van der Waals surface area contributed by atoms with Gasteiger partial charge in [-0.15, -0.1) is 0 Å². The lowest BCUT2D eigenvalue weighted by atomic mass is 9.73. The molecule has 2 aliphatic heterocycles. The van der Waals surface area contributed by atoms with E-state index < -0.39 is 0 Å². The Bertz CT molecular complexity index is 1350. The van der Waals surface area contributed by atoms with E-state index >= 15 is 0 Å². The molecule has 1 aliphatic carbocycles. The van der Waals surface area contributed by atoms with E-state index in [9.17, 15) is 4.79 Å². The van der Waals surface area contributed by atoms with E-state index in [1.54, 1.807) is 17.1 Å². The second-order valence-electron chi connectivity index (χ2n) is 11.3. The molecule has 2 atom stereocenters. The number of rotatable bonds is 6. The van der Waals surface area contributed by atoms with Crippen LogP contribution in [0, 0.1) is 11.3 Å². The highest BCUT2D eigenvalue weighted by Gasteiger charge is 2.46. The van der Waals surface area contributed by atoms with Gasteiger partial charge in [0.2, 0.25) is 0 Å². The fourth-order valence-corrected chi connectivity index (χ4v) is 7.67. The highest BCUT2D eigenvalue weighted by atomic mass is 35.5. The second kappa shape index (κ2) is 10.8. The zero-order valence-corrected chi connectivity index (χ0v) is 23.6. The first-order valence-corrected chi connectivity index (χ1v) is 15.0. The minimum absolute atomic E-state index is 0.0951. The van der Waals surface area contributed by atoms with Gasteiger partial charge in [-0.05, 0) is 75.1 Å². The van der Waals surface area contributed by atoms with Crippen molar-refractivity contribution in [1.29, 1.82) is 0 Å². The summed E-state index contributed by atoms with van der Waals surface area (Å²) in [4.78, 5) is 32.7. The fourth-order valence-electron chi connectivity index (χ4n) is 6.55. The van der Waals surface area contributed by atoms with Gasteiger partial charge >= 0.3 is 0 Å². The number of halogens is 1. The first-order valence-electron chi connectivity index (χ1n) is 13.8. The van der Waals surface area contributed by atoms with Gasteiger partial charge in [0.15, 0.2) is 0 Å². The summed E-state index contributed by atoms with van der Waals surface area (Å²) in [5.74, 6) is 1.52. The smallest absolute Gasteiger partial charge is 0.262 e. The first-order chi connectivity index (χ1) is 18.4. The van der Waals surface area contributed by atoms with Gasteiger partial charge in [0.05, 0.1) is 34.6 Å². The monoisotopic (exact) mass is 553 g/mol. The highest BCUT2D eigenvalue weighted by molar-refractivity contribution is 7.99. The van der Waals surface area contributed by atoms with Crippen molar-refractivity contribution in [2.75, 3.05) is 37.6 Å². The molecule has 1 spiro atoms. The summed E-state index contributed by atoms with van der Waals surface area (Å²) >= 11 is 8.20. The number of fused-ring (bicyclic) bond motifs is 1. The maximum Gasteiger partial charge on any atom is 0.262 e. The molecule has 0 unspecified atom stereocenters. The lowest BCUT2D eigenvalue weighted by Gasteiger charge is -2.43. The van der Waals surface area contributed by atoms with E-state index in [0.717, 1.165) is 61.3 Å². The molecule has 2 N–H and O–H groups in total. The molecule has 8 nitrogen and oxygen atoms in total. The summed E-state index contributed by atoms with van der Waals surface area (Å²) in [6.45, 7) is 7.89. The number of hydrogen-bond acceptors (Lipinski definition) is 8. The highest BCUT2D eigenvalue weighted by Crippen LogP contribution is 2.48. The van der Waals surface area contributed by atoms with Crippen LogP contribution >= 0.6 is 23.4 Å². The van der Waals surface area contributed by atoms with Crippen molar-refractivity contribution in [3.63, 3.8) is 0 Å². The van der Waals surface area contributed by atoms with Crippen molar-refractivity contribution in [1.82, 2.24) is 24.4 Å². The zero-order valence-electron chi connectivity index (χ0n) is 22.0. The Kier molecular flexibility index (Phi) is 7.37. The molecule has 38 heavy (non-hydrogen) atoms. The van der Waals surface area contributed by atoms with Gasteiger partial charge in [-0.2, -0.15) is 0 Å². The molecule has 1 saturated carbocycles. The molecular formula is C28H36ClN7OS. The number of hydrogen-bond donors (Lipinski definition) is 1. The molecule has 202 valence electrons. The second-order valence-corrected chi connectivity index (χ2v) is 12.7. The Balaban J connectivity index is 1.14. The minimum Gasteiger partial charge on any atom is -0.355 e. The summed E-state index contributed by atoms with van der Waals surface area (Å²) < 4.78 is 1.68. The minimum atomic E-state index is -0.0951. The molecule has 10 heteroatoms. The molecule has 2 saturated heterocycles. The van der Waals surface area contributed by atoms with E-state index in [-0.39, 0.29) is 5.56 Å². The van der Waals surface area contributed by atoms with E-state index in [1.165, 1.54) is 37.4 Å². The van der Waals surface area contributed by atoms with Crippen LogP contribution in [-0.4, -0.2) is 63.2 Å². The van der Waals surface area contributed by atoms with Gasteiger partial charge in [0.25, 0.3) is 5.56 Å². The Morgan fingerprint density at radius 2 is 1.84 bits per heavy atom. The van der Waals surface area contributed by atoms with Crippen molar-refractivity contribution in [2.45, 2.75) is 68.0 Å². The average molecular weight is 554 g/mol. The van der Waals surface area contributed by atoms with Crippen molar-refractivity contribution >= 4 is 40.1 Å². The third-order valence-electron chi connectivity index (χ3n) is 9.08. The number of piperidine rings is 1. The molecule has 3 fully saturated rings. The van der Waals surface area contributed by atoms with Gasteiger partial charge in [0, 0.05) is 37.1 Å². The standard InChI is InChI=1S/C28H36ClN7OS/c1-19-6-7-28(26(19)30)8-12-35(13-9-28)22-16-32-23(17-31-22)38-21-5-4-20-24(25(21)29)27(37)36(18-33-20)15-14-34-10-2-3-11-34/h4-5,16-19,26H,2-3,6-15,30H2,1H3/t19-,26-/m1/s1. The van der Waals surface area contributed by atoms with Gasteiger partial charge in [-0.25, -0.2) is 15.0 Å². The summed E-state index contributed by atoms with van der Waals surface area (Å²) in [5.41, 5.74) is 7.40. The molecule has 6 rings (SSSR count). The van der Waals surface area contributed by atoms with Crippen LogP contribution in [0.15, 0.2) is 45.6 Å². The van der Waals surface area contributed by atoms with E-state index in [2.05, 4.69) is 26.7 Å². The van der Waals surface area contributed by atoms with E-state index in [0.29, 0.717) is 39.8 Å². The normalized spacial score (nSPS) is 23.6. The largest absolute Gasteiger partial charge is 0.355 e. The van der Waals surface area contributed by atoms with Crippen LogP contribution in [0.3, 0.4) is 0 Å². The van der Waals surface area contributed by atoms with Crippen LogP contribution in [0.2, 0.25) is 5.02 Å². The molecule has 3 aromatic rings. The lowest BCUT2D eigenvalue weighted by Crippen LogP contribution is -2.48. The van der Waals surface area contributed by atoms with Crippen molar-refractivity contribution < 1.29 is 0 Å². The number of anilines is 1. The Morgan fingerprint density at radius 3 is 2.53 bits per heavy atom. The first kappa shape index (κ1) is 26.0. The van der Waals surface area contributed by atoms with Gasteiger partial charge in [-0.3, -0.25) is 9.36 Å². The third-order valence-corrected chi connectivity index (χ3v) is 10.6. The molecule has 1 aromatic carbocycles. The predicted octanol–water partition coefficient (Wildman–Crippen LogP) is 4.43. The van der Waals surface area contributed by atoms with Crippen LogP contribution in [-0.2, 0) is 6.54 Å². The molecule has 3 aliphatic rings. The average Bonchev–Trinajstić information content (AvgIpc) is 3.55. The number of benzene rings is 1. The zero-order chi connectivity index (χ0) is 26.3. The molecular weight excluding hydrogens is 518 g/mol. The topological polar surface area (TPSA) is 93.2 Å². The number of aromatic nitrogens is 4. The number of nitrogens with zero attached hydrogens (tertiary/aromatic N) is 6. The maximum atomic E-state index is 13.3. The summed E-state index contributed by atoms with van der Waals surface area (Å²) in [6, 6.07) is 4.07. The van der Waals surface area contributed by atoms with E-state index in [1.807, 2.05) is 18.3 Å². The number of likely N-dealkylation sites (tertiary alicyclic amines) is 1. The predicted molar refractivity (Wildman–Crippen MR) is 153 cm³/mol. The quantitative estimate of drug-likeness (QED) is 0.479. The molecule has 0 bridgehead atoms. The third kappa shape index (κ3) is 4.94. The van der Waals surface area contributed by atoms with Gasteiger partial charge in [0.1, 0.15) is 10.8 Å². The van der Waals surface area contributed by atoms with Crippen LogP contribution in [0.1, 0.15) is 45.4 Å². The fraction of sp³-hybridized carbons (Fsp3) is 0.571. The number of nitrogens with two attached hydrogens (primary N) is 1. The van der Waals surface area contributed by atoms with Crippen molar-refractivity contribution in [3.8, 4) is 0 Å². The summed E-state index contributed by atoms with van der Waals surface area (Å²) in [5, 5.41) is 1.63. The summed E-state index contributed by atoms with van der Waals surface area (Å²) in [6.07, 6.45) is 12.5. The van der Waals surface area contributed by atoms with Crippen LogP contribution < -0.4 is 16.2 Å². The SMILES string of the molecule is C[C@@H]1CCC2(CCN(c3cnc(Sc4ccc5ncn(CCN6CCCC6)c(=O)c5c4Cl)cn3)CC2)[C@@H]1N. The Labute approximate surface area is 233 Å². The Morgan fingerprint density at radius 1 is 1.05 bits per heavy atom. The van der Waals surface area contributed by atoms with Gasteiger partial charge in [-0.1, -0.05) is 30.3 Å². The molecule has 4 heterocycles. The maximum absolute atomic E-state index is 13.3. The van der Waals surface area contributed by atoms with Crippen LogP contribution in [0.25, 0.3) is 10.9 Å². The van der Waals surface area contributed by atoms with Gasteiger partial charge < -0.3 is 15.5 Å². The molecule has 2 aromatic heterocycles. The molecule has 0 radical (unpaired) electrons. The Hall–Kier alpha value is -2.20. The van der Waals surface area contributed by atoms with Crippen molar-refractivity contribution in [2.24, 2.45) is 17.1 Å². The molecule has 0 amide bonds. The lowest BCUT2D eigenvalue weighted by molar-refractivity contribution is 0.186. The summed E-state index contributed by atoms with van der Waals surface area (Å²) in [7, 11) is 0.